The molecule has 0 amide bonds. The predicted molar refractivity (Wildman–Crippen MR) is 28.0 cm³/mol. The summed E-state index contributed by atoms with van der Waals surface area (Å²) in [4.78, 5) is 9.65. The summed E-state index contributed by atoms with van der Waals surface area (Å²) in [5, 5.41) is 5.64. The molecule has 0 fully saturated rings. The molecule has 0 spiro atoms. The molecule has 1 unspecified atom stereocenters. The van der Waals surface area contributed by atoms with Crippen LogP contribution < -0.4 is 0 Å². The Morgan fingerprint density at radius 1 is 1.56 bits per heavy atom. The summed E-state index contributed by atoms with van der Waals surface area (Å²) in [6.07, 6.45) is 0. The van der Waals surface area contributed by atoms with Crippen LogP contribution in [-0.2, 0) is 4.79 Å². The lowest BCUT2D eigenvalue weighted by molar-refractivity contribution is -0.136. The van der Waals surface area contributed by atoms with Crippen LogP contribution in [-0.4, -0.2) is 16.3 Å². The van der Waals surface area contributed by atoms with Gasteiger partial charge in [0, 0.05) is 0 Å². The van der Waals surface area contributed by atoms with Crippen molar-refractivity contribution in [1.29, 1.82) is 0 Å². The van der Waals surface area contributed by atoms with Gasteiger partial charge in [0.1, 0.15) is 0 Å². The summed E-state index contributed by atoms with van der Waals surface area (Å²) in [7, 11) is 0. The molecule has 2 nitrogen and oxygen atoms in total. The van der Waals surface area contributed by atoms with Crippen molar-refractivity contribution in [1.82, 2.24) is 0 Å². The zero-order chi connectivity index (χ0) is 7.65. The van der Waals surface area contributed by atoms with Crippen molar-refractivity contribution in [3.8, 4) is 0 Å². The monoisotopic (exact) mass is 162 g/mol. The number of hydrogen-bond acceptors (Lipinski definition) is 1. The summed E-state index contributed by atoms with van der Waals surface area (Å²) in [6.45, 7) is 0.637. The first-order chi connectivity index (χ1) is 3.85. The van der Waals surface area contributed by atoms with Crippen LogP contribution >= 0.6 is 11.2 Å². The number of carboxylic acids is 1. The van der Waals surface area contributed by atoms with E-state index in [0.717, 1.165) is 0 Å². The molecule has 0 heterocycles. The van der Waals surface area contributed by atoms with Crippen molar-refractivity contribution in [3.05, 3.63) is 0 Å². The number of carbonyl (C=O) groups is 1. The van der Waals surface area contributed by atoms with Crippen LogP contribution in [0.4, 0.5) is 11.7 Å². The molecule has 56 valence electrons. The van der Waals surface area contributed by atoms with Crippen LogP contribution in [0, 0.1) is 0 Å². The Bertz CT molecular complexity index is 121. The van der Waals surface area contributed by atoms with Gasteiger partial charge in [-0.3, -0.25) is 4.79 Å². The minimum atomic E-state index is -5.40. The summed E-state index contributed by atoms with van der Waals surface area (Å²) in [5.74, 6) is -1.81. The van der Waals surface area contributed by atoms with Crippen LogP contribution in [0.15, 0.2) is 0 Å². The van der Waals surface area contributed by atoms with Crippen molar-refractivity contribution < 1.29 is 21.6 Å². The molecule has 0 bridgehead atoms. The number of hydrogen-bond donors (Lipinski definition) is 1. The van der Waals surface area contributed by atoms with Gasteiger partial charge in [-0.25, -0.2) is 0 Å². The van der Waals surface area contributed by atoms with Gasteiger partial charge in [-0.2, -0.15) is 0 Å². The summed E-state index contributed by atoms with van der Waals surface area (Å²) in [5.41, 5.74) is 0. The third-order valence-corrected chi connectivity index (χ3v) is 1.75. The van der Waals surface area contributed by atoms with E-state index in [0.29, 0.717) is 6.92 Å². The van der Waals surface area contributed by atoms with Crippen LogP contribution in [0.5, 0.6) is 0 Å². The van der Waals surface area contributed by atoms with Gasteiger partial charge in [0.15, 0.2) is 5.25 Å². The minimum Gasteiger partial charge on any atom is -0.480 e. The van der Waals surface area contributed by atoms with E-state index < -0.39 is 22.4 Å². The molecule has 0 aliphatic rings. The van der Waals surface area contributed by atoms with Gasteiger partial charge < -0.3 is 5.11 Å². The lowest BCUT2D eigenvalue weighted by Gasteiger charge is -2.12. The third-order valence-electron chi connectivity index (χ3n) is 0.749. The molecule has 0 saturated carbocycles. The zero-order valence-electron chi connectivity index (χ0n) is 4.47. The summed E-state index contributed by atoms with van der Waals surface area (Å²) < 4.78 is 34.2. The Kier molecular flexibility index (Phi) is 2.36. The van der Waals surface area contributed by atoms with Crippen LogP contribution in [0.1, 0.15) is 6.92 Å². The number of carboxylic acid groups (broad SMARTS) is 1. The molecule has 0 aromatic rings. The van der Waals surface area contributed by atoms with Crippen molar-refractivity contribution >= 4 is 17.2 Å². The molecule has 0 aliphatic carbocycles. The van der Waals surface area contributed by atoms with Crippen molar-refractivity contribution in [3.63, 3.8) is 0 Å². The van der Waals surface area contributed by atoms with E-state index >= 15 is 0 Å². The molecule has 1 atom stereocenters. The molecule has 0 aromatic heterocycles. The maximum Gasteiger partial charge on any atom is 0.322 e. The maximum absolute atomic E-state index is 11.4. The molecular formula is C3H5F3O2S. The molecular weight excluding hydrogens is 157 g/mol. The quantitative estimate of drug-likeness (QED) is 0.673. The Labute approximate surface area is 51.9 Å². The normalized spacial score (nSPS) is 16.9. The fourth-order valence-corrected chi connectivity index (χ4v) is 0.343. The van der Waals surface area contributed by atoms with Crippen molar-refractivity contribution in [2.75, 3.05) is 0 Å². The molecule has 0 radical (unpaired) electrons. The van der Waals surface area contributed by atoms with Crippen LogP contribution in [0.2, 0.25) is 0 Å². The van der Waals surface area contributed by atoms with Gasteiger partial charge >= 0.3 is 5.97 Å². The Morgan fingerprint density at radius 3 is 1.89 bits per heavy atom. The van der Waals surface area contributed by atoms with E-state index in [4.69, 9.17) is 5.11 Å². The first kappa shape index (κ1) is 8.61. The molecule has 1 N–H and O–H groups in total. The molecule has 0 aliphatic heterocycles. The van der Waals surface area contributed by atoms with Gasteiger partial charge in [-0.15, -0.1) is 11.7 Å². The minimum absolute atomic E-state index is 0.637. The van der Waals surface area contributed by atoms with Gasteiger partial charge in [-0.05, 0) is 6.92 Å². The fraction of sp³-hybridized carbons (Fsp3) is 0.667. The molecule has 0 rings (SSSR count). The largest absolute Gasteiger partial charge is 0.480 e. The highest BCUT2D eigenvalue weighted by Crippen LogP contribution is 2.57. The standard InChI is InChI=1S/C3H5F3O2S/c1-2(3(7)8)9(4,5)6/h2H,1H3,(H,7,8). The number of halogens is 3. The predicted octanol–water partition coefficient (Wildman–Crippen LogP) is 1.92. The second kappa shape index (κ2) is 2.47. The number of rotatable bonds is 2. The average molecular weight is 162 g/mol. The molecule has 0 saturated heterocycles. The van der Waals surface area contributed by atoms with E-state index in [9.17, 15) is 16.5 Å². The van der Waals surface area contributed by atoms with Crippen LogP contribution in [0.3, 0.4) is 0 Å². The van der Waals surface area contributed by atoms with Gasteiger partial charge in [0.25, 0.3) is 0 Å². The highest BCUT2D eigenvalue weighted by Gasteiger charge is 2.35. The van der Waals surface area contributed by atoms with Crippen LogP contribution in [0.25, 0.3) is 0 Å². The molecule has 9 heavy (non-hydrogen) atoms. The maximum atomic E-state index is 11.4. The van der Waals surface area contributed by atoms with Crippen molar-refractivity contribution in [2.45, 2.75) is 12.2 Å². The number of aliphatic carboxylic acids is 1. The Morgan fingerprint density at radius 2 is 1.89 bits per heavy atom. The summed E-state index contributed by atoms with van der Waals surface area (Å²) in [6, 6.07) is 0. The third kappa shape index (κ3) is 2.59. The second-order valence-corrected chi connectivity index (χ2v) is 3.01. The van der Waals surface area contributed by atoms with Gasteiger partial charge in [0.2, 0.25) is 11.2 Å². The van der Waals surface area contributed by atoms with Gasteiger partial charge in [-0.1, -0.05) is 0 Å². The fourth-order valence-electron chi connectivity index (χ4n) is 0.114. The smallest absolute Gasteiger partial charge is 0.322 e. The van der Waals surface area contributed by atoms with E-state index in [1.54, 1.807) is 0 Å². The van der Waals surface area contributed by atoms with E-state index in [2.05, 4.69) is 0 Å². The van der Waals surface area contributed by atoms with E-state index in [1.165, 1.54) is 0 Å². The lowest BCUT2D eigenvalue weighted by atomic mass is 10.5. The molecule has 0 aromatic carbocycles. The average Bonchev–Trinajstić information content (AvgIpc) is 1.62. The van der Waals surface area contributed by atoms with Gasteiger partial charge in [0.05, 0.1) is 0 Å². The first-order valence-corrected chi connectivity index (χ1v) is 3.39. The highest BCUT2D eigenvalue weighted by molar-refractivity contribution is 8.21. The van der Waals surface area contributed by atoms with Crippen molar-refractivity contribution in [2.24, 2.45) is 0 Å². The lowest BCUT2D eigenvalue weighted by Crippen LogP contribution is -2.16. The highest BCUT2D eigenvalue weighted by atomic mass is 32.3. The summed E-state index contributed by atoms with van der Waals surface area (Å²) >= 11 is -5.40. The van der Waals surface area contributed by atoms with E-state index in [-0.39, 0.29) is 0 Å². The SMILES string of the molecule is CC(C(=O)O)S(F)(F)F. The first-order valence-electron chi connectivity index (χ1n) is 1.99. The topological polar surface area (TPSA) is 37.3 Å². The Hall–Kier alpha value is -0.390. The zero-order valence-corrected chi connectivity index (χ0v) is 5.29. The second-order valence-electron chi connectivity index (χ2n) is 1.42. The Balaban J connectivity index is 4.04. The molecule has 6 heteroatoms. The van der Waals surface area contributed by atoms with E-state index in [1.807, 2.05) is 0 Å².